The molecule has 0 aromatic heterocycles. The summed E-state index contributed by atoms with van der Waals surface area (Å²) in [5, 5.41) is 9.39. The highest BCUT2D eigenvalue weighted by atomic mass is 32.2. The second-order valence-corrected chi connectivity index (χ2v) is 13.6. The van der Waals surface area contributed by atoms with Crippen molar-refractivity contribution in [2.75, 3.05) is 5.73 Å². The summed E-state index contributed by atoms with van der Waals surface area (Å²) in [7, 11) is -6.94. The van der Waals surface area contributed by atoms with Crippen LogP contribution < -0.4 is 5.73 Å². The fraction of sp³-hybridized carbons (Fsp3) is 0.364. The van der Waals surface area contributed by atoms with Crippen LogP contribution in [0.3, 0.4) is 0 Å². The summed E-state index contributed by atoms with van der Waals surface area (Å²) in [6.07, 6.45) is -8.52. The van der Waals surface area contributed by atoms with Crippen LogP contribution in [-0.4, -0.2) is 48.0 Å². The van der Waals surface area contributed by atoms with Gasteiger partial charge in [0.15, 0.2) is 0 Å². The van der Waals surface area contributed by atoms with Gasteiger partial charge in [-0.1, -0.05) is 0 Å². The van der Waals surface area contributed by atoms with Gasteiger partial charge in [0.25, 0.3) is 5.69 Å². The molecule has 18 heteroatoms. The highest BCUT2D eigenvalue weighted by Gasteiger charge is 2.44. The van der Waals surface area contributed by atoms with Gasteiger partial charge in [-0.05, 0) is 62.1 Å². The number of amides is 2. The summed E-state index contributed by atoms with van der Waals surface area (Å²) in [6, 6.07) is 9.73. The molecule has 0 radical (unpaired) electrons. The molecule has 2 N–H and O–H groups in total. The summed E-state index contributed by atoms with van der Waals surface area (Å²) in [6.45, 7) is 0. The standard InChI is InChI=1S/C11H9F3N2O4S.C11H11F3N2O2S/c12-11(13,14)10(17)15-21(20,9-5-6-9)8-3-1-7(2-4-8)16(18)19;12-11(13,14)10(17)16-19(18,9-5-6-9)8-3-1-7(15)2-4-8/h1-4,9H,5-6H2;1-4,9H,5-6,15H2/t21-;19-/m00/s1. The molecule has 2 aromatic carbocycles. The Kier molecular flexibility index (Phi) is 8.64. The van der Waals surface area contributed by atoms with Gasteiger partial charge >= 0.3 is 24.2 Å². The average Bonchev–Trinajstić information content (AvgIpc) is 3.76. The molecular weight excluding hydrogens is 594 g/mol. The van der Waals surface area contributed by atoms with Crippen LogP contribution in [0.5, 0.6) is 0 Å². The Morgan fingerprint density at radius 2 is 1.07 bits per heavy atom. The summed E-state index contributed by atoms with van der Waals surface area (Å²) >= 11 is 0. The quantitative estimate of drug-likeness (QED) is 0.214. The fourth-order valence-corrected chi connectivity index (χ4v) is 7.77. The fourth-order valence-electron chi connectivity index (χ4n) is 3.19. The average molecular weight is 615 g/mol. The lowest BCUT2D eigenvalue weighted by atomic mass is 10.3. The SMILES string of the molecule is Nc1ccc([S@@](=O)(=NC(=O)C(F)(F)F)C2CC2)cc1.O=C(N=[S@](=O)(c1ccc([N+](=O)[O-])cc1)C1CC1)C(F)(F)F. The number of nitrogen functional groups attached to an aromatic ring is 1. The summed E-state index contributed by atoms with van der Waals surface area (Å²) in [5.41, 5.74) is 5.56. The third-order valence-electron chi connectivity index (χ3n) is 5.48. The van der Waals surface area contributed by atoms with Crippen molar-refractivity contribution >= 4 is 42.6 Å². The van der Waals surface area contributed by atoms with E-state index in [1.54, 1.807) is 0 Å². The van der Waals surface area contributed by atoms with Gasteiger partial charge in [0.05, 0.1) is 24.4 Å². The molecule has 0 unspecified atom stereocenters. The number of benzene rings is 2. The molecule has 0 spiro atoms. The normalized spacial score (nSPS) is 18.2. The molecule has 0 aliphatic heterocycles. The molecule has 2 aliphatic rings. The Bertz CT molecular complexity index is 1550. The number of alkyl halides is 6. The van der Waals surface area contributed by atoms with E-state index in [2.05, 4.69) is 8.73 Å². The molecule has 2 fully saturated rings. The number of hydrogen-bond acceptors (Lipinski definition) is 7. The van der Waals surface area contributed by atoms with Crippen molar-refractivity contribution in [3.63, 3.8) is 0 Å². The second kappa shape index (κ2) is 11.1. The number of nitrogens with two attached hydrogens (primary N) is 1. The molecule has 0 saturated heterocycles. The zero-order valence-corrected chi connectivity index (χ0v) is 21.7. The van der Waals surface area contributed by atoms with Crippen molar-refractivity contribution < 1.29 is 49.3 Å². The first-order valence-corrected chi connectivity index (χ1v) is 14.4. The number of nitrogens with zero attached hydrogens (tertiary/aromatic N) is 3. The molecule has 40 heavy (non-hydrogen) atoms. The van der Waals surface area contributed by atoms with Gasteiger partial charge in [0.1, 0.15) is 0 Å². The zero-order valence-electron chi connectivity index (χ0n) is 20.1. The first-order valence-electron chi connectivity index (χ1n) is 11.2. The van der Waals surface area contributed by atoms with E-state index in [1.165, 1.54) is 24.3 Å². The van der Waals surface area contributed by atoms with E-state index in [-0.39, 0.29) is 15.5 Å². The first-order chi connectivity index (χ1) is 18.4. The van der Waals surface area contributed by atoms with Crippen molar-refractivity contribution in [1.82, 2.24) is 0 Å². The molecule has 4 rings (SSSR count). The molecule has 2 amide bonds. The van der Waals surface area contributed by atoms with E-state index in [0.717, 1.165) is 24.3 Å². The van der Waals surface area contributed by atoms with Crippen LogP contribution in [0.15, 0.2) is 67.0 Å². The molecule has 10 nitrogen and oxygen atoms in total. The topological polar surface area (TPSA) is 162 Å². The predicted octanol–water partition coefficient (Wildman–Crippen LogP) is 5.02. The zero-order chi connectivity index (χ0) is 30.1. The maximum atomic E-state index is 12.6. The largest absolute Gasteiger partial charge is 0.474 e. The Morgan fingerprint density at radius 3 is 1.35 bits per heavy atom. The molecular formula is C22H20F6N4O6S2. The molecule has 218 valence electrons. The van der Waals surface area contributed by atoms with E-state index >= 15 is 0 Å². The van der Waals surface area contributed by atoms with E-state index in [9.17, 15) is 54.5 Å². The Hall–Kier alpha value is -3.54. The van der Waals surface area contributed by atoms with E-state index < -0.39 is 59.0 Å². The number of carbonyl (C=O) groups is 2. The minimum atomic E-state index is -5.20. The third kappa shape index (κ3) is 7.35. The molecule has 0 heterocycles. The van der Waals surface area contributed by atoms with Gasteiger partial charge in [-0.3, -0.25) is 19.7 Å². The second-order valence-electron chi connectivity index (χ2n) is 8.64. The van der Waals surface area contributed by atoms with Crippen LogP contribution in [0.1, 0.15) is 25.7 Å². The van der Waals surface area contributed by atoms with Gasteiger partial charge < -0.3 is 5.73 Å². The molecule has 2 aromatic rings. The van der Waals surface area contributed by atoms with Crippen molar-refractivity contribution in [2.45, 2.75) is 58.3 Å². The molecule has 2 atom stereocenters. The monoisotopic (exact) mass is 614 g/mol. The summed E-state index contributed by atoms with van der Waals surface area (Å²) in [4.78, 5) is 31.8. The summed E-state index contributed by atoms with van der Waals surface area (Å²) in [5.74, 6) is -4.71. The van der Waals surface area contributed by atoms with Crippen LogP contribution in [0.2, 0.25) is 0 Å². The van der Waals surface area contributed by atoms with Crippen molar-refractivity contribution in [1.29, 1.82) is 0 Å². The molecule has 2 aliphatic carbocycles. The van der Waals surface area contributed by atoms with Gasteiger partial charge in [-0.2, -0.15) is 26.3 Å². The highest BCUT2D eigenvalue weighted by Crippen LogP contribution is 2.38. The van der Waals surface area contributed by atoms with Gasteiger partial charge in [0.2, 0.25) is 0 Å². The number of nitro groups is 1. The van der Waals surface area contributed by atoms with Gasteiger partial charge in [0, 0.05) is 38.1 Å². The Balaban J connectivity index is 0.000000222. The number of carbonyl (C=O) groups excluding carboxylic acids is 2. The smallest absolute Gasteiger partial charge is 0.399 e. The maximum absolute atomic E-state index is 12.6. The van der Waals surface area contributed by atoms with Crippen LogP contribution in [0.25, 0.3) is 0 Å². The van der Waals surface area contributed by atoms with Gasteiger partial charge in [-0.25, -0.2) is 8.42 Å². The van der Waals surface area contributed by atoms with E-state index in [1.807, 2.05) is 0 Å². The number of hydrogen-bond donors (Lipinski definition) is 1. The highest BCUT2D eigenvalue weighted by molar-refractivity contribution is 7.95. The Labute approximate surface area is 223 Å². The van der Waals surface area contributed by atoms with Crippen LogP contribution >= 0.6 is 0 Å². The van der Waals surface area contributed by atoms with Crippen molar-refractivity contribution in [2.24, 2.45) is 8.73 Å². The number of non-ortho nitro benzene ring substituents is 1. The van der Waals surface area contributed by atoms with Crippen LogP contribution in [0.4, 0.5) is 37.7 Å². The maximum Gasteiger partial charge on any atom is 0.474 e. The van der Waals surface area contributed by atoms with Crippen LogP contribution in [-0.2, 0) is 29.0 Å². The van der Waals surface area contributed by atoms with Crippen molar-refractivity contribution in [3.8, 4) is 0 Å². The lowest BCUT2D eigenvalue weighted by molar-refractivity contribution is -0.384. The minimum Gasteiger partial charge on any atom is -0.399 e. The molecule has 2 saturated carbocycles. The number of nitro benzene ring substituents is 1. The van der Waals surface area contributed by atoms with Crippen molar-refractivity contribution in [3.05, 3.63) is 58.6 Å². The summed E-state index contributed by atoms with van der Waals surface area (Å²) < 4.78 is 105. The third-order valence-corrected chi connectivity index (χ3v) is 11.0. The van der Waals surface area contributed by atoms with E-state index in [4.69, 9.17) is 5.73 Å². The first kappa shape index (κ1) is 31.0. The number of halogens is 6. The predicted molar refractivity (Wildman–Crippen MR) is 130 cm³/mol. The van der Waals surface area contributed by atoms with E-state index in [0.29, 0.717) is 31.4 Å². The van der Waals surface area contributed by atoms with Crippen LogP contribution in [0, 0.1) is 10.1 Å². The minimum absolute atomic E-state index is 0.104. The Morgan fingerprint density at radius 1 is 0.750 bits per heavy atom. The lowest BCUT2D eigenvalue weighted by Crippen LogP contribution is -2.23. The van der Waals surface area contributed by atoms with Gasteiger partial charge in [-0.15, -0.1) is 8.73 Å². The lowest BCUT2D eigenvalue weighted by Gasteiger charge is -2.10. The number of rotatable bonds is 5. The molecule has 0 bridgehead atoms. The number of anilines is 1.